The minimum atomic E-state index is -0.0776. The van der Waals surface area contributed by atoms with Crippen molar-refractivity contribution in [3.63, 3.8) is 0 Å². The largest absolute Gasteiger partial charge is 0.392 e. The van der Waals surface area contributed by atoms with E-state index in [2.05, 4.69) is 18.9 Å². The van der Waals surface area contributed by atoms with Crippen LogP contribution in [0.3, 0.4) is 0 Å². The van der Waals surface area contributed by atoms with Crippen LogP contribution in [-0.4, -0.2) is 35.7 Å². The highest BCUT2D eigenvalue weighted by Gasteiger charge is 2.19. The Morgan fingerprint density at radius 1 is 1.44 bits per heavy atom. The molecule has 1 saturated heterocycles. The number of rotatable bonds is 0. The molecule has 0 aliphatic carbocycles. The quantitative estimate of drug-likeness (QED) is 0.513. The first-order chi connectivity index (χ1) is 4.20. The van der Waals surface area contributed by atoms with Gasteiger partial charge in [0.25, 0.3) is 0 Å². The van der Waals surface area contributed by atoms with Gasteiger partial charge in [0.2, 0.25) is 0 Å². The highest BCUT2D eigenvalue weighted by Crippen LogP contribution is 2.13. The average Bonchev–Trinajstić information content (AvgIpc) is 1.80. The second-order valence-corrected chi connectivity index (χ2v) is 3.02. The van der Waals surface area contributed by atoms with E-state index in [4.69, 9.17) is 5.11 Å². The van der Waals surface area contributed by atoms with Gasteiger partial charge >= 0.3 is 0 Å². The van der Waals surface area contributed by atoms with Crippen molar-refractivity contribution < 1.29 is 5.11 Å². The number of aliphatic hydroxyl groups is 1. The number of likely N-dealkylation sites (tertiary alicyclic amines) is 1. The highest BCUT2D eigenvalue weighted by molar-refractivity contribution is 4.74. The molecule has 0 spiro atoms. The molecule has 1 heterocycles. The zero-order valence-corrected chi connectivity index (χ0v) is 6.17. The summed E-state index contributed by atoms with van der Waals surface area (Å²) in [6.07, 6.45) is 2.04. The lowest BCUT2D eigenvalue weighted by molar-refractivity contribution is 0.0570. The predicted octanol–water partition coefficient (Wildman–Crippen LogP) is 0.461. The zero-order valence-electron chi connectivity index (χ0n) is 6.17. The topological polar surface area (TPSA) is 23.5 Å². The number of piperidine rings is 1. The van der Waals surface area contributed by atoms with Gasteiger partial charge < -0.3 is 10.0 Å². The SMILES string of the molecule is C[C@@H]1CC[C@@H](O)CN1C. The van der Waals surface area contributed by atoms with E-state index in [0.29, 0.717) is 6.04 Å². The Kier molecular flexibility index (Phi) is 2.09. The number of hydrogen-bond donors (Lipinski definition) is 1. The molecular formula is C7H15NO. The van der Waals surface area contributed by atoms with E-state index in [1.807, 2.05) is 0 Å². The molecule has 0 aromatic heterocycles. The predicted molar refractivity (Wildman–Crippen MR) is 37.3 cm³/mol. The summed E-state index contributed by atoms with van der Waals surface area (Å²) in [6, 6.07) is 0.661. The molecule has 2 atom stereocenters. The van der Waals surface area contributed by atoms with Gasteiger partial charge in [-0.05, 0) is 26.8 Å². The normalized spacial score (nSPS) is 39.0. The summed E-state index contributed by atoms with van der Waals surface area (Å²) in [7, 11) is 2.06. The van der Waals surface area contributed by atoms with E-state index in [9.17, 15) is 0 Å². The Morgan fingerprint density at radius 3 is 2.56 bits per heavy atom. The lowest BCUT2D eigenvalue weighted by Crippen LogP contribution is -2.41. The van der Waals surface area contributed by atoms with E-state index in [1.165, 1.54) is 0 Å². The molecule has 0 unspecified atom stereocenters. The third-order valence-corrected chi connectivity index (χ3v) is 2.17. The lowest BCUT2D eigenvalue weighted by Gasteiger charge is -2.32. The molecule has 1 aliphatic rings. The van der Waals surface area contributed by atoms with Gasteiger partial charge in [-0.15, -0.1) is 0 Å². The zero-order chi connectivity index (χ0) is 6.85. The fraction of sp³-hybridized carbons (Fsp3) is 1.00. The Balaban J connectivity index is 2.35. The minimum Gasteiger partial charge on any atom is -0.392 e. The molecule has 0 aromatic carbocycles. The van der Waals surface area contributed by atoms with Crippen LogP contribution in [0.1, 0.15) is 19.8 Å². The third-order valence-electron chi connectivity index (χ3n) is 2.17. The van der Waals surface area contributed by atoms with E-state index in [-0.39, 0.29) is 6.10 Å². The van der Waals surface area contributed by atoms with Crippen molar-refractivity contribution in [3.05, 3.63) is 0 Å². The summed E-state index contributed by atoms with van der Waals surface area (Å²) in [5.41, 5.74) is 0. The van der Waals surface area contributed by atoms with Crippen molar-refractivity contribution in [2.75, 3.05) is 13.6 Å². The van der Waals surface area contributed by atoms with Gasteiger partial charge in [0, 0.05) is 12.6 Å². The van der Waals surface area contributed by atoms with Crippen molar-refractivity contribution in [2.45, 2.75) is 31.9 Å². The molecule has 1 fully saturated rings. The summed E-state index contributed by atoms with van der Waals surface area (Å²) in [6.45, 7) is 3.05. The standard InChI is InChI=1S/C7H15NO/c1-6-3-4-7(9)5-8(6)2/h6-7,9H,3-5H2,1-2H3/t6-,7-/m1/s1. The summed E-state index contributed by atoms with van der Waals surface area (Å²) < 4.78 is 0. The summed E-state index contributed by atoms with van der Waals surface area (Å²) in [4.78, 5) is 2.20. The fourth-order valence-corrected chi connectivity index (χ4v) is 1.26. The van der Waals surface area contributed by atoms with Gasteiger partial charge in [0.1, 0.15) is 0 Å². The van der Waals surface area contributed by atoms with Crippen LogP contribution in [0.2, 0.25) is 0 Å². The highest BCUT2D eigenvalue weighted by atomic mass is 16.3. The van der Waals surface area contributed by atoms with Crippen LogP contribution < -0.4 is 0 Å². The summed E-state index contributed by atoms with van der Waals surface area (Å²) in [5.74, 6) is 0. The first-order valence-electron chi connectivity index (χ1n) is 3.58. The van der Waals surface area contributed by atoms with Crippen LogP contribution in [0.4, 0.5) is 0 Å². The van der Waals surface area contributed by atoms with E-state index in [0.717, 1.165) is 19.4 Å². The van der Waals surface area contributed by atoms with Gasteiger partial charge in [-0.1, -0.05) is 0 Å². The monoisotopic (exact) mass is 129 g/mol. The van der Waals surface area contributed by atoms with Crippen LogP contribution in [0.5, 0.6) is 0 Å². The Hall–Kier alpha value is -0.0800. The van der Waals surface area contributed by atoms with Crippen molar-refractivity contribution in [1.82, 2.24) is 4.90 Å². The number of likely N-dealkylation sites (N-methyl/N-ethyl adjacent to an activating group) is 1. The molecule has 1 aliphatic heterocycles. The molecule has 1 N–H and O–H groups in total. The molecule has 0 radical (unpaired) electrons. The molecule has 0 aromatic rings. The van der Waals surface area contributed by atoms with Crippen LogP contribution in [-0.2, 0) is 0 Å². The number of nitrogens with zero attached hydrogens (tertiary/aromatic N) is 1. The molecule has 2 nitrogen and oxygen atoms in total. The maximum absolute atomic E-state index is 9.16. The van der Waals surface area contributed by atoms with Crippen molar-refractivity contribution >= 4 is 0 Å². The smallest absolute Gasteiger partial charge is 0.0667 e. The molecule has 1 rings (SSSR count). The van der Waals surface area contributed by atoms with E-state index >= 15 is 0 Å². The first-order valence-corrected chi connectivity index (χ1v) is 3.58. The van der Waals surface area contributed by atoms with Gasteiger partial charge in [0.05, 0.1) is 6.10 Å². The Bertz CT molecular complexity index is 94.9. The molecule has 2 heteroatoms. The summed E-state index contributed by atoms with van der Waals surface area (Å²) >= 11 is 0. The number of hydrogen-bond acceptors (Lipinski definition) is 2. The summed E-state index contributed by atoms with van der Waals surface area (Å²) in [5, 5.41) is 9.16. The molecule has 54 valence electrons. The number of β-amino-alcohol motifs (C(OH)–C–C–N with tert-alkyl or cyclic N) is 1. The molecule has 0 amide bonds. The van der Waals surface area contributed by atoms with Crippen LogP contribution in [0, 0.1) is 0 Å². The molecule has 0 saturated carbocycles. The van der Waals surface area contributed by atoms with Gasteiger partial charge in [0.15, 0.2) is 0 Å². The van der Waals surface area contributed by atoms with Crippen molar-refractivity contribution in [3.8, 4) is 0 Å². The number of aliphatic hydroxyl groups excluding tert-OH is 1. The second kappa shape index (κ2) is 2.67. The second-order valence-electron chi connectivity index (χ2n) is 3.02. The van der Waals surface area contributed by atoms with Crippen LogP contribution in [0.15, 0.2) is 0 Å². The van der Waals surface area contributed by atoms with Crippen LogP contribution in [0.25, 0.3) is 0 Å². The maximum atomic E-state index is 9.16. The minimum absolute atomic E-state index is 0.0776. The molecule has 0 bridgehead atoms. The lowest BCUT2D eigenvalue weighted by atomic mass is 10.0. The van der Waals surface area contributed by atoms with E-state index < -0.39 is 0 Å². The molecule has 9 heavy (non-hydrogen) atoms. The third kappa shape index (κ3) is 1.66. The van der Waals surface area contributed by atoms with Gasteiger partial charge in [-0.3, -0.25) is 0 Å². The maximum Gasteiger partial charge on any atom is 0.0667 e. The fourth-order valence-electron chi connectivity index (χ4n) is 1.26. The first kappa shape index (κ1) is 7.03. The van der Waals surface area contributed by atoms with Crippen molar-refractivity contribution in [1.29, 1.82) is 0 Å². The van der Waals surface area contributed by atoms with Crippen molar-refractivity contribution in [2.24, 2.45) is 0 Å². The average molecular weight is 129 g/mol. The molecular weight excluding hydrogens is 114 g/mol. The van der Waals surface area contributed by atoms with Gasteiger partial charge in [-0.25, -0.2) is 0 Å². The Morgan fingerprint density at radius 2 is 2.11 bits per heavy atom. The van der Waals surface area contributed by atoms with Gasteiger partial charge in [-0.2, -0.15) is 0 Å². The Labute approximate surface area is 56.5 Å². The van der Waals surface area contributed by atoms with E-state index in [1.54, 1.807) is 0 Å². The van der Waals surface area contributed by atoms with Crippen LogP contribution >= 0.6 is 0 Å².